The zero-order chi connectivity index (χ0) is 10.8. The van der Waals surface area contributed by atoms with Gasteiger partial charge in [0.05, 0.1) is 12.3 Å². The van der Waals surface area contributed by atoms with Crippen LogP contribution in [0.1, 0.15) is 23.3 Å². The Labute approximate surface area is 85.4 Å². The Morgan fingerprint density at radius 3 is 2.87 bits per heavy atom. The van der Waals surface area contributed by atoms with E-state index in [2.05, 4.69) is 15.3 Å². The summed E-state index contributed by atoms with van der Waals surface area (Å²) >= 11 is 0. The summed E-state index contributed by atoms with van der Waals surface area (Å²) in [5.41, 5.74) is -0.165. The zero-order valence-corrected chi connectivity index (χ0v) is 7.93. The molecule has 6 heteroatoms. The largest absolute Gasteiger partial charge is 0.393 e. The van der Waals surface area contributed by atoms with Crippen molar-refractivity contribution in [2.75, 3.05) is 0 Å². The van der Waals surface area contributed by atoms with Gasteiger partial charge in [-0.1, -0.05) is 0 Å². The average molecular weight is 209 g/mol. The molecule has 1 fully saturated rings. The number of aliphatic hydroxyl groups is 1. The van der Waals surface area contributed by atoms with Gasteiger partial charge in [-0.15, -0.1) is 0 Å². The van der Waals surface area contributed by atoms with Gasteiger partial charge in [0.2, 0.25) is 0 Å². The van der Waals surface area contributed by atoms with Gasteiger partial charge >= 0.3 is 0 Å². The van der Waals surface area contributed by atoms with Crippen molar-refractivity contribution < 1.29 is 9.90 Å². The van der Waals surface area contributed by atoms with Crippen molar-refractivity contribution in [2.45, 2.75) is 25.0 Å². The summed E-state index contributed by atoms with van der Waals surface area (Å²) in [5, 5.41) is 11.7. The second kappa shape index (κ2) is 3.82. The van der Waals surface area contributed by atoms with E-state index in [4.69, 9.17) is 5.11 Å². The minimum absolute atomic E-state index is 0.0150. The van der Waals surface area contributed by atoms with Crippen LogP contribution < -0.4 is 10.9 Å². The molecule has 0 unspecified atom stereocenters. The van der Waals surface area contributed by atoms with Crippen LogP contribution in [-0.4, -0.2) is 33.1 Å². The number of aliphatic hydroxyl groups excluding tert-OH is 1. The van der Waals surface area contributed by atoms with Crippen molar-refractivity contribution >= 4 is 5.91 Å². The number of aromatic nitrogens is 2. The number of H-pyrrole nitrogens is 1. The third-order valence-electron chi connectivity index (χ3n) is 2.35. The van der Waals surface area contributed by atoms with E-state index in [1.165, 1.54) is 6.20 Å². The fraction of sp³-hybridized carbons (Fsp3) is 0.444. The second-order valence-corrected chi connectivity index (χ2v) is 3.59. The van der Waals surface area contributed by atoms with E-state index in [-0.39, 0.29) is 29.3 Å². The summed E-state index contributed by atoms with van der Waals surface area (Å²) in [6, 6.07) is 0.0150. The highest BCUT2D eigenvalue weighted by Crippen LogP contribution is 2.19. The van der Waals surface area contributed by atoms with E-state index in [0.29, 0.717) is 12.8 Å². The lowest BCUT2D eigenvalue weighted by Crippen LogP contribution is -2.47. The maximum absolute atomic E-state index is 11.5. The summed E-state index contributed by atoms with van der Waals surface area (Å²) in [4.78, 5) is 28.2. The lowest BCUT2D eigenvalue weighted by molar-refractivity contribution is 0.0560. The molecule has 0 spiro atoms. The second-order valence-electron chi connectivity index (χ2n) is 3.59. The first-order chi connectivity index (χ1) is 7.15. The van der Waals surface area contributed by atoms with Gasteiger partial charge in [0.1, 0.15) is 5.69 Å². The molecule has 0 radical (unpaired) electrons. The summed E-state index contributed by atoms with van der Waals surface area (Å²) < 4.78 is 0. The lowest BCUT2D eigenvalue weighted by Gasteiger charge is -2.31. The highest BCUT2D eigenvalue weighted by Gasteiger charge is 2.28. The number of rotatable bonds is 2. The average Bonchev–Trinajstić information content (AvgIpc) is 2.16. The number of carbonyl (C=O) groups is 1. The minimum Gasteiger partial charge on any atom is -0.393 e. The molecule has 1 saturated carbocycles. The van der Waals surface area contributed by atoms with Gasteiger partial charge in [-0.05, 0) is 12.8 Å². The quantitative estimate of drug-likeness (QED) is 0.583. The monoisotopic (exact) mass is 209 g/mol. The van der Waals surface area contributed by atoms with Gasteiger partial charge in [-0.3, -0.25) is 9.59 Å². The molecule has 0 saturated heterocycles. The van der Waals surface area contributed by atoms with Crippen molar-refractivity contribution in [1.82, 2.24) is 15.3 Å². The summed E-state index contributed by atoms with van der Waals surface area (Å²) in [6.45, 7) is 0. The first kappa shape index (κ1) is 9.85. The molecule has 6 nitrogen and oxygen atoms in total. The van der Waals surface area contributed by atoms with Gasteiger partial charge in [-0.25, -0.2) is 4.98 Å². The van der Waals surface area contributed by atoms with E-state index >= 15 is 0 Å². The highest BCUT2D eigenvalue weighted by molar-refractivity contribution is 5.92. The van der Waals surface area contributed by atoms with Crippen LogP contribution in [0.4, 0.5) is 0 Å². The molecule has 0 aromatic carbocycles. The van der Waals surface area contributed by atoms with Crippen LogP contribution in [0.3, 0.4) is 0 Å². The Morgan fingerprint density at radius 2 is 2.33 bits per heavy atom. The van der Waals surface area contributed by atoms with E-state index < -0.39 is 0 Å². The molecule has 1 aromatic heterocycles. The smallest absolute Gasteiger partial charge is 0.271 e. The number of aromatic amines is 1. The highest BCUT2D eigenvalue weighted by atomic mass is 16.3. The van der Waals surface area contributed by atoms with Crippen LogP contribution in [0, 0.1) is 0 Å². The molecular formula is C9H11N3O3. The molecule has 0 aliphatic heterocycles. The molecule has 15 heavy (non-hydrogen) atoms. The van der Waals surface area contributed by atoms with Gasteiger partial charge < -0.3 is 15.4 Å². The molecule has 1 aliphatic rings. The maximum Gasteiger partial charge on any atom is 0.271 e. The Hall–Kier alpha value is -1.69. The van der Waals surface area contributed by atoms with Crippen LogP contribution >= 0.6 is 0 Å². The van der Waals surface area contributed by atoms with E-state index in [9.17, 15) is 9.59 Å². The Kier molecular flexibility index (Phi) is 2.51. The number of carbonyl (C=O) groups excluding carboxylic acids is 1. The third-order valence-corrected chi connectivity index (χ3v) is 2.35. The van der Waals surface area contributed by atoms with Crippen LogP contribution in [0.5, 0.6) is 0 Å². The van der Waals surface area contributed by atoms with E-state index in [0.717, 1.165) is 6.20 Å². The molecule has 3 N–H and O–H groups in total. The van der Waals surface area contributed by atoms with E-state index in [1.54, 1.807) is 0 Å². The Morgan fingerprint density at radius 1 is 1.60 bits per heavy atom. The van der Waals surface area contributed by atoms with Crippen molar-refractivity contribution in [2.24, 2.45) is 0 Å². The van der Waals surface area contributed by atoms with Crippen molar-refractivity contribution in [3.63, 3.8) is 0 Å². The van der Waals surface area contributed by atoms with Gasteiger partial charge in [0.25, 0.3) is 11.5 Å². The van der Waals surface area contributed by atoms with Crippen LogP contribution in [-0.2, 0) is 0 Å². The SMILES string of the molecule is O=C(NC1CC(O)C1)c1c[nH]c(=O)cn1. The number of nitrogens with zero attached hydrogens (tertiary/aromatic N) is 1. The number of hydrogen-bond acceptors (Lipinski definition) is 4. The summed E-state index contributed by atoms with van der Waals surface area (Å²) in [5.74, 6) is -0.330. The van der Waals surface area contributed by atoms with Crippen LogP contribution in [0.2, 0.25) is 0 Å². The topological polar surface area (TPSA) is 95.1 Å². The maximum atomic E-state index is 11.5. The summed E-state index contributed by atoms with van der Waals surface area (Å²) in [7, 11) is 0. The fourth-order valence-corrected chi connectivity index (χ4v) is 1.43. The number of nitrogens with one attached hydrogen (secondary N) is 2. The lowest BCUT2D eigenvalue weighted by atomic mass is 9.89. The van der Waals surface area contributed by atoms with Crippen molar-refractivity contribution in [3.05, 3.63) is 28.4 Å². The first-order valence-electron chi connectivity index (χ1n) is 4.69. The zero-order valence-electron chi connectivity index (χ0n) is 7.93. The molecule has 1 aromatic rings. The fourth-order valence-electron chi connectivity index (χ4n) is 1.43. The summed E-state index contributed by atoms with van der Waals surface area (Å²) in [6.07, 6.45) is 3.18. The van der Waals surface area contributed by atoms with Crippen LogP contribution in [0.25, 0.3) is 0 Å². The van der Waals surface area contributed by atoms with Crippen molar-refractivity contribution in [1.29, 1.82) is 0 Å². The molecule has 1 heterocycles. The molecule has 1 aliphatic carbocycles. The van der Waals surface area contributed by atoms with Crippen LogP contribution in [0.15, 0.2) is 17.2 Å². The van der Waals surface area contributed by atoms with E-state index in [1.807, 2.05) is 0 Å². The van der Waals surface area contributed by atoms with Gasteiger partial charge in [-0.2, -0.15) is 0 Å². The predicted octanol–water partition coefficient (Wildman–Crippen LogP) is -0.977. The van der Waals surface area contributed by atoms with Crippen molar-refractivity contribution in [3.8, 4) is 0 Å². The van der Waals surface area contributed by atoms with Gasteiger partial charge in [0.15, 0.2) is 0 Å². The first-order valence-corrected chi connectivity index (χ1v) is 4.69. The standard InChI is InChI=1S/C9H11N3O3/c13-6-1-5(2-6)12-9(15)7-3-11-8(14)4-10-7/h3-6,13H,1-2H2,(H,11,14)(H,12,15). The Bertz CT molecular complexity index is 402. The normalized spacial score (nSPS) is 24.3. The number of amides is 1. The molecule has 0 bridgehead atoms. The number of hydrogen-bond donors (Lipinski definition) is 3. The minimum atomic E-state index is -0.342. The predicted molar refractivity (Wildman–Crippen MR) is 51.4 cm³/mol. The van der Waals surface area contributed by atoms with Gasteiger partial charge in [0, 0.05) is 12.2 Å². The Balaban J connectivity index is 1.96. The molecule has 2 rings (SSSR count). The third kappa shape index (κ3) is 2.21. The molecular weight excluding hydrogens is 198 g/mol. The molecule has 0 atom stereocenters. The molecule has 1 amide bonds. The molecule has 80 valence electrons.